The molecule has 1 aliphatic rings. The fourth-order valence-corrected chi connectivity index (χ4v) is 1.92. The summed E-state index contributed by atoms with van der Waals surface area (Å²) < 4.78 is 5.28. The molecule has 4 nitrogen and oxygen atoms in total. The van der Waals surface area contributed by atoms with Gasteiger partial charge in [0.05, 0.1) is 0 Å². The van der Waals surface area contributed by atoms with Crippen LogP contribution >= 0.6 is 0 Å². The van der Waals surface area contributed by atoms with E-state index in [4.69, 9.17) is 4.74 Å². The third kappa shape index (κ3) is 7.34. The van der Waals surface area contributed by atoms with Gasteiger partial charge in [0.2, 0.25) is 5.91 Å². The van der Waals surface area contributed by atoms with Crippen molar-refractivity contribution in [2.75, 3.05) is 26.3 Å². The number of hydrogen-bond donors (Lipinski definition) is 2. The van der Waals surface area contributed by atoms with Gasteiger partial charge in [-0.05, 0) is 39.5 Å². The molecule has 1 saturated heterocycles. The Morgan fingerprint density at radius 3 is 2.47 bits per heavy atom. The lowest BCUT2D eigenvalue weighted by Gasteiger charge is -2.22. The quantitative estimate of drug-likeness (QED) is 0.715. The van der Waals surface area contributed by atoms with Crippen molar-refractivity contribution in [2.24, 2.45) is 5.92 Å². The van der Waals surface area contributed by atoms with Crippen molar-refractivity contribution in [1.82, 2.24) is 10.6 Å². The monoisotopic (exact) mass is 242 g/mol. The normalized spacial score (nSPS) is 18.1. The number of ether oxygens (including phenoxy) is 1. The van der Waals surface area contributed by atoms with Crippen LogP contribution in [0.25, 0.3) is 0 Å². The Kier molecular flexibility index (Phi) is 5.92. The lowest BCUT2D eigenvalue weighted by molar-refractivity contribution is -0.122. The molecule has 0 radical (unpaired) electrons. The van der Waals surface area contributed by atoms with E-state index in [2.05, 4.69) is 31.4 Å². The van der Waals surface area contributed by atoms with Crippen molar-refractivity contribution in [2.45, 2.75) is 45.6 Å². The van der Waals surface area contributed by atoms with Crippen LogP contribution in [0.1, 0.15) is 40.0 Å². The minimum Gasteiger partial charge on any atom is -0.381 e. The molecule has 1 aliphatic heterocycles. The van der Waals surface area contributed by atoms with E-state index in [0.717, 1.165) is 32.6 Å². The van der Waals surface area contributed by atoms with E-state index in [1.54, 1.807) is 0 Å². The highest BCUT2D eigenvalue weighted by Crippen LogP contribution is 2.17. The molecule has 0 saturated carbocycles. The number of nitrogens with one attached hydrogen (secondary N) is 2. The number of carbonyl (C=O) groups excluding carboxylic acids is 1. The molecule has 0 atom stereocenters. The molecule has 0 aromatic rings. The summed E-state index contributed by atoms with van der Waals surface area (Å²) >= 11 is 0. The van der Waals surface area contributed by atoms with E-state index in [1.807, 2.05) is 0 Å². The second kappa shape index (κ2) is 6.97. The maximum absolute atomic E-state index is 11.7. The van der Waals surface area contributed by atoms with Gasteiger partial charge in [0.25, 0.3) is 0 Å². The molecule has 100 valence electrons. The molecule has 1 heterocycles. The molecular weight excluding hydrogens is 216 g/mol. The summed E-state index contributed by atoms with van der Waals surface area (Å²) in [5.74, 6) is 0.687. The largest absolute Gasteiger partial charge is 0.381 e. The van der Waals surface area contributed by atoms with Crippen LogP contribution in [0, 0.1) is 5.92 Å². The highest BCUT2D eigenvalue weighted by Gasteiger charge is 2.17. The fraction of sp³-hybridized carbons (Fsp3) is 0.923. The Balaban J connectivity index is 2.04. The fourth-order valence-electron chi connectivity index (χ4n) is 1.92. The average Bonchev–Trinajstić information content (AvgIpc) is 2.25. The molecule has 0 bridgehead atoms. The first-order valence-electron chi connectivity index (χ1n) is 6.57. The highest BCUT2D eigenvalue weighted by molar-refractivity contribution is 5.76. The Morgan fingerprint density at radius 1 is 1.24 bits per heavy atom. The standard InChI is InChI=1S/C13H26N2O2/c1-13(2,3)15-7-6-14-12(16)10-11-4-8-17-9-5-11/h11,15H,4-10H2,1-3H3,(H,14,16). The van der Waals surface area contributed by atoms with Gasteiger partial charge in [-0.3, -0.25) is 4.79 Å². The van der Waals surface area contributed by atoms with Gasteiger partial charge in [0.1, 0.15) is 0 Å². The summed E-state index contributed by atoms with van der Waals surface area (Å²) in [7, 11) is 0. The maximum Gasteiger partial charge on any atom is 0.220 e. The second-order valence-corrected chi connectivity index (χ2v) is 5.79. The summed E-state index contributed by atoms with van der Waals surface area (Å²) in [5.41, 5.74) is 0.117. The summed E-state index contributed by atoms with van der Waals surface area (Å²) in [4.78, 5) is 11.7. The summed E-state index contributed by atoms with van der Waals surface area (Å²) in [5, 5.41) is 6.31. The second-order valence-electron chi connectivity index (χ2n) is 5.79. The van der Waals surface area contributed by atoms with Crippen molar-refractivity contribution in [3.8, 4) is 0 Å². The smallest absolute Gasteiger partial charge is 0.220 e. The van der Waals surface area contributed by atoms with E-state index in [0.29, 0.717) is 18.9 Å². The summed E-state index contributed by atoms with van der Waals surface area (Å²) in [6, 6.07) is 0. The molecule has 0 aromatic heterocycles. The molecule has 1 rings (SSSR count). The first kappa shape index (κ1) is 14.5. The first-order chi connectivity index (χ1) is 7.97. The Hall–Kier alpha value is -0.610. The maximum atomic E-state index is 11.7. The minimum atomic E-state index is 0.117. The van der Waals surface area contributed by atoms with Crippen LogP contribution in [-0.2, 0) is 9.53 Å². The first-order valence-corrected chi connectivity index (χ1v) is 6.57. The third-order valence-corrected chi connectivity index (χ3v) is 2.92. The molecule has 17 heavy (non-hydrogen) atoms. The van der Waals surface area contributed by atoms with Crippen molar-refractivity contribution < 1.29 is 9.53 Å². The van der Waals surface area contributed by atoms with E-state index < -0.39 is 0 Å². The third-order valence-electron chi connectivity index (χ3n) is 2.92. The molecule has 0 aliphatic carbocycles. The van der Waals surface area contributed by atoms with Gasteiger partial charge in [-0.15, -0.1) is 0 Å². The summed E-state index contributed by atoms with van der Waals surface area (Å²) in [6.45, 7) is 9.51. The Labute approximate surface area is 104 Å². The lowest BCUT2D eigenvalue weighted by atomic mass is 9.96. The average molecular weight is 242 g/mol. The molecule has 2 N–H and O–H groups in total. The predicted molar refractivity (Wildman–Crippen MR) is 68.9 cm³/mol. The van der Waals surface area contributed by atoms with Crippen LogP contribution in [0.2, 0.25) is 0 Å². The summed E-state index contributed by atoms with van der Waals surface area (Å²) in [6.07, 6.45) is 2.69. The van der Waals surface area contributed by atoms with Crippen molar-refractivity contribution in [1.29, 1.82) is 0 Å². The zero-order chi connectivity index (χ0) is 12.7. The number of hydrogen-bond acceptors (Lipinski definition) is 3. The minimum absolute atomic E-state index is 0.117. The Morgan fingerprint density at radius 2 is 1.88 bits per heavy atom. The van der Waals surface area contributed by atoms with Gasteiger partial charge in [0, 0.05) is 38.3 Å². The van der Waals surface area contributed by atoms with Gasteiger partial charge in [-0.25, -0.2) is 0 Å². The van der Waals surface area contributed by atoms with Gasteiger partial charge >= 0.3 is 0 Å². The van der Waals surface area contributed by atoms with Crippen LogP contribution in [0.4, 0.5) is 0 Å². The number of carbonyl (C=O) groups is 1. The van der Waals surface area contributed by atoms with E-state index >= 15 is 0 Å². The lowest BCUT2D eigenvalue weighted by Crippen LogP contribution is -2.41. The SMILES string of the molecule is CC(C)(C)NCCNC(=O)CC1CCOCC1. The number of rotatable bonds is 5. The van der Waals surface area contributed by atoms with Crippen molar-refractivity contribution >= 4 is 5.91 Å². The van der Waals surface area contributed by atoms with Crippen molar-refractivity contribution in [3.63, 3.8) is 0 Å². The molecule has 0 aromatic carbocycles. The predicted octanol–water partition coefficient (Wildman–Crippen LogP) is 1.31. The van der Waals surface area contributed by atoms with Crippen molar-refractivity contribution in [3.05, 3.63) is 0 Å². The highest BCUT2D eigenvalue weighted by atomic mass is 16.5. The van der Waals surface area contributed by atoms with Gasteiger partial charge in [0.15, 0.2) is 0 Å². The molecule has 1 amide bonds. The zero-order valence-electron chi connectivity index (χ0n) is 11.3. The van der Waals surface area contributed by atoms with E-state index in [1.165, 1.54) is 0 Å². The number of amides is 1. The van der Waals surface area contributed by atoms with Gasteiger partial charge in [-0.1, -0.05) is 0 Å². The molecule has 0 spiro atoms. The topological polar surface area (TPSA) is 50.4 Å². The van der Waals surface area contributed by atoms with Crippen LogP contribution in [0.15, 0.2) is 0 Å². The zero-order valence-corrected chi connectivity index (χ0v) is 11.3. The molecule has 0 unspecified atom stereocenters. The van der Waals surface area contributed by atoms with Gasteiger partial charge < -0.3 is 15.4 Å². The van der Waals surface area contributed by atoms with E-state index in [-0.39, 0.29) is 11.4 Å². The molecular formula is C13H26N2O2. The van der Waals surface area contributed by atoms with Crippen LogP contribution in [-0.4, -0.2) is 37.7 Å². The molecule has 4 heteroatoms. The Bertz CT molecular complexity index is 230. The van der Waals surface area contributed by atoms with E-state index in [9.17, 15) is 4.79 Å². The molecule has 1 fully saturated rings. The van der Waals surface area contributed by atoms with Crippen LogP contribution in [0.5, 0.6) is 0 Å². The van der Waals surface area contributed by atoms with Gasteiger partial charge in [-0.2, -0.15) is 0 Å². The van der Waals surface area contributed by atoms with Crippen LogP contribution < -0.4 is 10.6 Å². The van der Waals surface area contributed by atoms with Crippen LogP contribution in [0.3, 0.4) is 0 Å².